The lowest BCUT2D eigenvalue weighted by molar-refractivity contribution is 0.466. The fourth-order valence-corrected chi connectivity index (χ4v) is 2.93. The number of hydrogen-bond donors (Lipinski definition) is 0. The van der Waals surface area contributed by atoms with E-state index in [2.05, 4.69) is 6.07 Å². The van der Waals surface area contributed by atoms with Crippen molar-refractivity contribution in [2.45, 2.75) is 9.99 Å². The zero-order valence-corrected chi connectivity index (χ0v) is 13.6. The molecule has 0 bridgehead atoms. The van der Waals surface area contributed by atoms with Crippen LogP contribution in [0, 0.1) is 11.3 Å². The van der Waals surface area contributed by atoms with Gasteiger partial charge in [0.15, 0.2) is 5.09 Å². The molecule has 0 radical (unpaired) electrons. The molecule has 3 rings (SSSR count). The summed E-state index contributed by atoms with van der Waals surface area (Å²) in [5.74, 6) is 0.655. The maximum absolute atomic E-state index is 9.33. The van der Waals surface area contributed by atoms with Gasteiger partial charge in [-0.3, -0.25) is 0 Å². The number of rotatable bonds is 4. The van der Waals surface area contributed by atoms with Crippen molar-refractivity contribution in [3.63, 3.8) is 0 Å². The Hall–Kier alpha value is -2.41. The number of allylic oxidation sites excluding steroid dienone is 1. The van der Waals surface area contributed by atoms with E-state index in [4.69, 9.17) is 16.0 Å². The highest BCUT2D eigenvalue weighted by atomic mass is 35.5. The number of halogens is 1. The minimum Gasteiger partial charge on any atom is -0.450 e. The fraction of sp³-hybridized carbons (Fsp3) is 0. The first-order chi connectivity index (χ1) is 11.2. The van der Waals surface area contributed by atoms with E-state index in [1.54, 1.807) is 6.08 Å². The molecule has 0 unspecified atom stereocenters. The molecule has 0 N–H and O–H groups in total. The lowest BCUT2D eigenvalue weighted by atomic mass is 10.1. The van der Waals surface area contributed by atoms with Crippen molar-refractivity contribution in [3.8, 4) is 6.07 Å². The minimum absolute atomic E-state index is 0.572. The number of nitriles is 1. The Bertz CT molecular complexity index is 860. The molecular formula is C19H12ClNOS. The summed E-state index contributed by atoms with van der Waals surface area (Å²) in [5.41, 5.74) is 1.45. The molecule has 112 valence electrons. The molecule has 4 heteroatoms. The molecule has 0 aliphatic rings. The second-order valence-corrected chi connectivity index (χ2v) is 6.26. The van der Waals surface area contributed by atoms with Gasteiger partial charge in [-0.2, -0.15) is 5.26 Å². The van der Waals surface area contributed by atoms with Gasteiger partial charge in [-0.1, -0.05) is 53.7 Å². The molecule has 0 atom stereocenters. The summed E-state index contributed by atoms with van der Waals surface area (Å²) in [4.78, 5) is 1.04. The molecular weight excluding hydrogens is 326 g/mol. The molecule has 23 heavy (non-hydrogen) atoms. The van der Waals surface area contributed by atoms with Gasteiger partial charge in [0, 0.05) is 9.92 Å². The molecule has 0 fully saturated rings. The number of hydrogen-bond acceptors (Lipinski definition) is 3. The van der Waals surface area contributed by atoms with Gasteiger partial charge in [0.25, 0.3) is 0 Å². The third kappa shape index (κ3) is 4.07. The maximum Gasteiger partial charge on any atom is 0.165 e. The number of benzene rings is 2. The Morgan fingerprint density at radius 2 is 1.74 bits per heavy atom. The summed E-state index contributed by atoms with van der Waals surface area (Å²) < 4.78 is 5.77. The van der Waals surface area contributed by atoms with Crippen molar-refractivity contribution in [2.24, 2.45) is 0 Å². The minimum atomic E-state index is 0.572. The van der Waals surface area contributed by atoms with Gasteiger partial charge in [-0.25, -0.2) is 0 Å². The average molecular weight is 338 g/mol. The summed E-state index contributed by atoms with van der Waals surface area (Å²) in [6.07, 6.45) is 1.75. The van der Waals surface area contributed by atoms with E-state index in [1.165, 1.54) is 11.8 Å². The zero-order valence-electron chi connectivity index (χ0n) is 12.1. The average Bonchev–Trinajstić information content (AvgIpc) is 3.03. The van der Waals surface area contributed by atoms with Crippen LogP contribution < -0.4 is 0 Å². The molecule has 0 aliphatic carbocycles. The summed E-state index contributed by atoms with van der Waals surface area (Å²) in [5, 5.41) is 10.8. The van der Waals surface area contributed by atoms with Gasteiger partial charge in [0.05, 0.1) is 11.6 Å². The molecule has 0 saturated carbocycles. The number of furan rings is 1. The van der Waals surface area contributed by atoms with Gasteiger partial charge in [0.1, 0.15) is 5.76 Å². The van der Waals surface area contributed by atoms with Crippen LogP contribution in [-0.4, -0.2) is 0 Å². The van der Waals surface area contributed by atoms with E-state index in [0.29, 0.717) is 16.4 Å². The summed E-state index contributed by atoms with van der Waals surface area (Å²) in [6.45, 7) is 0. The monoisotopic (exact) mass is 337 g/mol. The SMILES string of the molecule is N#C/C(=C/c1ccc(Sc2ccc(Cl)cc2)o1)c1ccccc1. The van der Waals surface area contributed by atoms with Gasteiger partial charge < -0.3 is 4.42 Å². The van der Waals surface area contributed by atoms with Crippen LogP contribution in [0.5, 0.6) is 0 Å². The molecule has 1 aromatic heterocycles. The summed E-state index contributed by atoms with van der Waals surface area (Å²) in [6, 6.07) is 23.1. The fourth-order valence-electron chi connectivity index (χ4n) is 2.03. The van der Waals surface area contributed by atoms with Crippen LogP contribution in [0.2, 0.25) is 5.02 Å². The van der Waals surface area contributed by atoms with Crippen LogP contribution in [0.25, 0.3) is 11.6 Å². The van der Waals surface area contributed by atoms with Crippen molar-refractivity contribution in [3.05, 3.63) is 83.1 Å². The van der Waals surface area contributed by atoms with Crippen LogP contribution in [0.3, 0.4) is 0 Å². The molecule has 0 saturated heterocycles. The second-order valence-electron chi connectivity index (χ2n) is 4.75. The van der Waals surface area contributed by atoms with Gasteiger partial charge in [-0.05, 0) is 48.0 Å². The van der Waals surface area contributed by atoms with Gasteiger partial charge >= 0.3 is 0 Å². The zero-order chi connectivity index (χ0) is 16.1. The molecule has 3 aromatic rings. The highest BCUT2D eigenvalue weighted by molar-refractivity contribution is 7.99. The largest absolute Gasteiger partial charge is 0.450 e. The predicted molar refractivity (Wildman–Crippen MR) is 94.2 cm³/mol. The Labute approximate surface area is 144 Å². The quantitative estimate of drug-likeness (QED) is 0.536. The van der Waals surface area contributed by atoms with Gasteiger partial charge in [0.2, 0.25) is 0 Å². The Morgan fingerprint density at radius 1 is 1.00 bits per heavy atom. The van der Waals surface area contributed by atoms with Crippen LogP contribution >= 0.6 is 23.4 Å². The van der Waals surface area contributed by atoms with Gasteiger partial charge in [-0.15, -0.1) is 0 Å². The predicted octanol–water partition coefficient (Wildman–Crippen LogP) is 6.15. The van der Waals surface area contributed by atoms with E-state index in [0.717, 1.165) is 15.6 Å². The van der Waals surface area contributed by atoms with E-state index in [1.807, 2.05) is 66.7 Å². The van der Waals surface area contributed by atoms with Crippen molar-refractivity contribution in [1.29, 1.82) is 5.26 Å². The standard InChI is InChI=1S/C19H12ClNOS/c20-16-6-9-18(10-7-16)23-19-11-8-17(22-19)12-15(13-21)14-4-2-1-3-5-14/h1-12H/b15-12-. The maximum atomic E-state index is 9.33. The molecule has 1 heterocycles. The van der Waals surface area contributed by atoms with E-state index in [9.17, 15) is 5.26 Å². The molecule has 2 aromatic carbocycles. The Balaban J connectivity index is 1.80. The summed E-state index contributed by atoms with van der Waals surface area (Å²) >= 11 is 7.39. The third-order valence-electron chi connectivity index (χ3n) is 3.13. The van der Waals surface area contributed by atoms with Crippen molar-refractivity contribution < 1.29 is 4.42 Å². The highest BCUT2D eigenvalue weighted by Gasteiger charge is 2.05. The van der Waals surface area contributed by atoms with E-state index in [-0.39, 0.29) is 0 Å². The van der Waals surface area contributed by atoms with Crippen LogP contribution in [0.15, 0.2) is 81.1 Å². The third-order valence-corrected chi connectivity index (χ3v) is 4.31. The van der Waals surface area contributed by atoms with Crippen molar-refractivity contribution in [1.82, 2.24) is 0 Å². The first kappa shape index (κ1) is 15.5. The van der Waals surface area contributed by atoms with Crippen molar-refractivity contribution in [2.75, 3.05) is 0 Å². The second kappa shape index (κ2) is 7.23. The molecule has 2 nitrogen and oxygen atoms in total. The first-order valence-corrected chi connectivity index (χ1v) is 8.14. The highest BCUT2D eigenvalue weighted by Crippen LogP contribution is 2.31. The van der Waals surface area contributed by atoms with E-state index >= 15 is 0 Å². The van der Waals surface area contributed by atoms with Crippen LogP contribution in [0.1, 0.15) is 11.3 Å². The Morgan fingerprint density at radius 3 is 2.43 bits per heavy atom. The molecule has 0 aliphatic heterocycles. The van der Waals surface area contributed by atoms with Crippen LogP contribution in [0.4, 0.5) is 0 Å². The Kier molecular flexibility index (Phi) is 4.87. The molecule has 0 amide bonds. The molecule has 0 spiro atoms. The van der Waals surface area contributed by atoms with Crippen molar-refractivity contribution >= 4 is 35.0 Å². The normalized spacial score (nSPS) is 11.2. The van der Waals surface area contributed by atoms with E-state index < -0.39 is 0 Å². The van der Waals surface area contributed by atoms with Crippen LogP contribution in [-0.2, 0) is 0 Å². The topological polar surface area (TPSA) is 36.9 Å². The first-order valence-electron chi connectivity index (χ1n) is 6.95. The number of nitrogens with zero attached hydrogens (tertiary/aromatic N) is 1. The lowest BCUT2D eigenvalue weighted by Gasteiger charge is -1.98. The lowest BCUT2D eigenvalue weighted by Crippen LogP contribution is -1.79. The smallest absolute Gasteiger partial charge is 0.165 e. The summed E-state index contributed by atoms with van der Waals surface area (Å²) in [7, 11) is 0.